The van der Waals surface area contributed by atoms with Crippen LogP contribution in [0, 0.1) is 0 Å². The Morgan fingerprint density at radius 1 is 1.16 bits per heavy atom. The van der Waals surface area contributed by atoms with Crippen LogP contribution in [0.1, 0.15) is 36.3 Å². The first kappa shape index (κ1) is 20.9. The number of hydrogen-bond acceptors (Lipinski definition) is 3. The number of aromatic amines is 1. The van der Waals surface area contributed by atoms with E-state index in [0.29, 0.717) is 38.5 Å². The van der Waals surface area contributed by atoms with Gasteiger partial charge in [-0.15, -0.1) is 0 Å². The first-order valence-electron chi connectivity index (χ1n) is 10.8. The third-order valence-electron chi connectivity index (χ3n) is 6.01. The lowest BCUT2D eigenvalue weighted by Crippen LogP contribution is -2.45. The van der Waals surface area contributed by atoms with Crippen LogP contribution >= 0.6 is 0 Å². The van der Waals surface area contributed by atoms with E-state index >= 15 is 0 Å². The first-order valence-corrected chi connectivity index (χ1v) is 10.8. The van der Waals surface area contributed by atoms with Crippen molar-refractivity contribution < 1.29 is 9.59 Å². The summed E-state index contributed by atoms with van der Waals surface area (Å²) in [4.78, 5) is 36.0. The lowest BCUT2D eigenvalue weighted by Gasteiger charge is -2.32. The highest BCUT2D eigenvalue weighted by Crippen LogP contribution is 2.32. The van der Waals surface area contributed by atoms with Gasteiger partial charge in [0.1, 0.15) is 5.65 Å². The summed E-state index contributed by atoms with van der Waals surface area (Å²) in [6.45, 7) is 2.35. The fourth-order valence-electron chi connectivity index (χ4n) is 4.23. The van der Waals surface area contributed by atoms with Crippen LogP contribution < -0.4 is 5.32 Å². The molecule has 3 amide bonds. The van der Waals surface area contributed by atoms with Gasteiger partial charge in [-0.05, 0) is 42.0 Å². The number of likely N-dealkylation sites (tertiary alicyclic amines) is 1. The van der Waals surface area contributed by atoms with Crippen molar-refractivity contribution in [1.29, 1.82) is 0 Å². The van der Waals surface area contributed by atoms with E-state index in [9.17, 15) is 9.59 Å². The van der Waals surface area contributed by atoms with Gasteiger partial charge in [0.15, 0.2) is 0 Å². The van der Waals surface area contributed by atoms with Crippen LogP contribution in [0.15, 0.2) is 54.9 Å². The number of pyridine rings is 1. The zero-order chi connectivity index (χ0) is 21.6. The molecule has 0 bridgehead atoms. The zero-order valence-corrected chi connectivity index (χ0v) is 17.9. The van der Waals surface area contributed by atoms with Gasteiger partial charge in [0, 0.05) is 57.4 Å². The summed E-state index contributed by atoms with van der Waals surface area (Å²) in [6.07, 6.45) is 5.99. The predicted molar refractivity (Wildman–Crippen MR) is 121 cm³/mol. The van der Waals surface area contributed by atoms with Gasteiger partial charge in [0.25, 0.3) is 0 Å². The molecule has 1 saturated heterocycles. The Balaban J connectivity index is 1.20. The van der Waals surface area contributed by atoms with E-state index in [2.05, 4.69) is 27.5 Å². The molecule has 31 heavy (non-hydrogen) atoms. The van der Waals surface area contributed by atoms with Gasteiger partial charge in [-0.3, -0.25) is 4.79 Å². The number of hydrogen-bond donors (Lipinski definition) is 2. The average molecular weight is 420 g/mol. The minimum Gasteiger partial charge on any atom is -0.346 e. The Hall–Kier alpha value is -3.35. The summed E-state index contributed by atoms with van der Waals surface area (Å²) >= 11 is 0. The molecule has 162 valence electrons. The Bertz CT molecular complexity index is 1020. The van der Waals surface area contributed by atoms with E-state index in [-0.39, 0.29) is 11.9 Å². The highest BCUT2D eigenvalue weighted by atomic mass is 16.2. The van der Waals surface area contributed by atoms with E-state index in [4.69, 9.17) is 0 Å². The van der Waals surface area contributed by atoms with Gasteiger partial charge >= 0.3 is 6.03 Å². The Kier molecular flexibility index (Phi) is 6.50. The maximum Gasteiger partial charge on any atom is 0.317 e. The highest BCUT2D eigenvalue weighted by Gasteiger charge is 2.25. The molecule has 1 aliphatic rings. The molecule has 1 aliphatic heterocycles. The van der Waals surface area contributed by atoms with Crippen LogP contribution in [0.4, 0.5) is 4.79 Å². The average Bonchev–Trinajstić information content (AvgIpc) is 3.24. The minimum atomic E-state index is -0.0856. The van der Waals surface area contributed by atoms with E-state index in [1.807, 2.05) is 41.3 Å². The molecular weight excluding hydrogens is 390 g/mol. The van der Waals surface area contributed by atoms with E-state index in [0.717, 1.165) is 24.1 Å². The first-order chi connectivity index (χ1) is 15.1. The second-order valence-corrected chi connectivity index (χ2v) is 8.12. The van der Waals surface area contributed by atoms with Gasteiger partial charge < -0.3 is 20.1 Å². The van der Waals surface area contributed by atoms with Crippen LogP contribution in [0.2, 0.25) is 0 Å². The molecule has 3 heterocycles. The van der Waals surface area contributed by atoms with Crippen molar-refractivity contribution >= 4 is 23.0 Å². The maximum absolute atomic E-state index is 12.5. The number of nitrogens with zero attached hydrogens (tertiary/aromatic N) is 3. The van der Waals surface area contributed by atoms with Crippen LogP contribution in [0.5, 0.6) is 0 Å². The Morgan fingerprint density at radius 3 is 2.71 bits per heavy atom. The molecule has 7 nitrogen and oxygen atoms in total. The molecule has 1 fully saturated rings. The number of fused-ring (bicyclic) bond motifs is 1. The summed E-state index contributed by atoms with van der Waals surface area (Å²) in [5, 5.41) is 4.07. The summed E-state index contributed by atoms with van der Waals surface area (Å²) < 4.78 is 0. The van der Waals surface area contributed by atoms with Crippen LogP contribution in [0.3, 0.4) is 0 Å². The molecule has 7 heteroatoms. The van der Waals surface area contributed by atoms with E-state index in [1.165, 1.54) is 10.9 Å². The largest absolute Gasteiger partial charge is 0.346 e. The van der Waals surface area contributed by atoms with E-state index in [1.54, 1.807) is 18.1 Å². The summed E-state index contributed by atoms with van der Waals surface area (Å²) in [5.74, 6) is 0.450. The smallest absolute Gasteiger partial charge is 0.317 e. The number of piperidine rings is 1. The van der Waals surface area contributed by atoms with Gasteiger partial charge in [-0.1, -0.05) is 30.3 Å². The lowest BCUT2D eigenvalue weighted by atomic mass is 9.89. The second kappa shape index (κ2) is 9.64. The number of nitrogens with one attached hydrogen (secondary N) is 2. The normalized spacial score (nSPS) is 14.5. The molecule has 3 aromatic rings. The summed E-state index contributed by atoms with van der Waals surface area (Å²) in [6, 6.07) is 13.9. The van der Waals surface area contributed by atoms with E-state index < -0.39 is 0 Å². The third kappa shape index (κ3) is 5.05. The number of H-pyrrole nitrogens is 1. The topological polar surface area (TPSA) is 81.3 Å². The zero-order valence-electron chi connectivity index (χ0n) is 17.9. The number of rotatable bonds is 6. The van der Waals surface area contributed by atoms with Crippen molar-refractivity contribution in [3.05, 3.63) is 66.0 Å². The van der Waals surface area contributed by atoms with Gasteiger partial charge in [-0.25, -0.2) is 9.78 Å². The van der Waals surface area contributed by atoms with Gasteiger partial charge in [-0.2, -0.15) is 0 Å². The van der Waals surface area contributed by atoms with Crippen molar-refractivity contribution in [3.63, 3.8) is 0 Å². The van der Waals surface area contributed by atoms with Crippen LogP contribution in [0.25, 0.3) is 11.0 Å². The van der Waals surface area contributed by atoms with Crippen LogP contribution in [-0.2, 0) is 11.3 Å². The minimum absolute atomic E-state index is 0.0239. The molecule has 0 unspecified atom stereocenters. The molecule has 0 aliphatic carbocycles. The van der Waals surface area contributed by atoms with Crippen molar-refractivity contribution in [2.24, 2.45) is 0 Å². The highest BCUT2D eigenvalue weighted by molar-refractivity contribution is 5.80. The molecule has 0 atom stereocenters. The SMILES string of the molecule is CN(Cc1ccccc1)C(=O)CCNC(=O)N1CCC(c2c[nH]c3ncccc23)CC1. The van der Waals surface area contributed by atoms with Gasteiger partial charge in [0.2, 0.25) is 5.91 Å². The number of carbonyl (C=O) groups is 2. The lowest BCUT2D eigenvalue weighted by molar-refractivity contribution is -0.130. The fourth-order valence-corrected chi connectivity index (χ4v) is 4.23. The molecule has 0 radical (unpaired) electrons. The maximum atomic E-state index is 12.5. The molecule has 0 spiro atoms. The Morgan fingerprint density at radius 2 is 1.94 bits per heavy atom. The summed E-state index contributed by atoms with van der Waals surface area (Å²) in [7, 11) is 1.79. The number of amides is 3. The number of urea groups is 1. The molecule has 0 saturated carbocycles. The molecule has 2 N–H and O–H groups in total. The van der Waals surface area contributed by atoms with Crippen molar-refractivity contribution in [1.82, 2.24) is 25.1 Å². The van der Waals surface area contributed by atoms with Crippen molar-refractivity contribution in [2.45, 2.75) is 31.7 Å². The fraction of sp³-hybridized carbons (Fsp3) is 0.375. The number of benzene rings is 1. The van der Waals surface area contributed by atoms with Crippen molar-refractivity contribution in [2.75, 3.05) is 26.7 Å². The predicted octanol–water partition coefficient (Wildman–Crippen LogP) is 3.50. The summed E-state index contributed by atoms with van der Waals surface area (Å²) in [5.41, 5.74) is 3.30. The second-order valence-electron chi connectivity index (χ2n) is 8.12. The molecule has 4 rings (SSSR count). The number of aromatic nitrogens is 2. The molecule has 1 aromatic carbocycles. The standard InChI is InChI=1S/C24H29N5O2/c1-28(17-18-6-3-2-4-7-18)22(30)9-13-26-24(31)29-14-10-19(11-15-29)21-16-27-23-20(21)8-5-12-25-23/h2-8,12,16,19H,9-11,13-15,17H2,1H3,(H,25,27)(H,26,31). The van der Waals surface area contributed by atoms with Gasteiger partial charge in [0.05, 0.1) is 0 Å². The van der Waals surface area contributed by atoms with Crippen LogP contribution in [-0.4, -0.2) is 58.4 Å². The molecule has 2 aromatic heterocycles. The number of carbonyl (C=O) groups excluding carboxylic acids is 2. The van der Waals surface area contributed by atoms with Crippen molar-refractivity contribution in [3.8, 4) is 0 Å². The third-order valence-corrected chi connectivity index (χ3v) is 6.01. The Labute approximate surface area is 182 Å². The molecular formula is C24H29N5O2. The quantitative estimate of drug-likeness (QED) is 0.642. The monoisotopic (exact) mass is 419 g/mol.